The number of hydrogen-bond donors (Lipinski definition) is 0. The van der Waals surface area contributed by atoms with Crippen molar-refractivity contribution in [3.8, 4) is 0 Å². The molecular weight excluding hydrogens is 539 g/mol. The summed E-state index contributed by atoms with van der Waals surface area (Å²) in [5.41, 5.74) is 2.27. The second kappa shape index (κ2) is 12.8. The Balaban J connectivity index is 0.000000941. The summed E-state index contributed by atoms with van der Waals surface area (Å²) in [4.78, 5) is 13.1. The standard InChI is InChI=1S/C19H11Cl4N3.2ClH.Fe/c20-14-6-2-7-15(21)18(14)24-10-12-4-1-5-13(26-12)11-25-19-16(22)8-3-9-17(19)23;;;/h1-11H;2*1H;/q;;;+2/p-2. The molecule has 0 aliphatic rings. The van der Waals surface area contributed by atoms with Crippen LogP contribution in [0.15, 0.2) is 64.6 Å². The van der Waals surface area contributed by atoms with Crippen molar-refractivity contribution < 1.29 is 13.1 Å². The summed E-state index contributed by atoms with van der Waals surface area (Å²) in [6, 6.07) is 15.9. The third-order valence-corrected chi connectivity index (χ3v) is 4.54. The van der Waals surface area contributed by atoms with E-state index in [9.17, 15) is 0 Å². The molecule has 0 aliphatic carbocycles. The Morgan fingerprint density at radius 1 is 0.621 bits per heavy atom. The van der Waals surface area contributed by atoms with Crippen molar-refractivity contribution in [3.63, 3.8) is 0 Å². The third kappa shape index (κ3) is 7.75. The van der Waals surface area contributed by atoms with Crippen LogP contribution in [0.25, 0.3) is 0 Å². The number of nitrogens with zero attached hydrogens (tertiary/aromatic N) is 3. The van der Waals surface area contributed by atoms with Crippen LogP contribution in [0.2, 0.25) is 20.1 Å². The number of halogens is 6. The third-order valence-electron chi connectivity index (χ3n) is 3.32. The topological polar surface area (TPSA) is 37.6 Å². The van der Waals surface area contributed by atoms with E-state index in [0.717, 1.165) is 0 Å². The molecule has 3 rings (SSSR count). The maximum atomic E-state index is 6.11. The maximum absolute atomic E-state index is 6.11. The molecular formula is C19H11Cl6FeN3. The van der Waals surface area contributed by atoms with E-state index in [2.05, 4.69) is 15.0 Å². The first-order valence-corrected chi connectivity index (χ1v) is 12.3. The van der Waals surface area contributed by atoms with E-state index in [1.165, 1.54) is 0 Å². The second-order valence-corrected chi connectivity index (χ2v) is 8.65. The molecule has 3 nitrogen and oxygen atoms in total. The number of benzene rings is 2. The molecule has 29 heavy (non-hydrogen) atoms. The molecule has 0 amide bonds. The monoisotopic (exact) mass is 547 g/mol. The minimum atomic E-state index is 0.194. The van der Waals surface area contributed by atoms with Gasteiger partial charge in [-0.15, -0.1) is 0 Å². The number of aromatic nitrogens is 1. The summed E-state index contributed by atoms with van der Waals surface area (Å²) in [5.74, 6) is 0. The summed E-state index contributed by atoms with van der Waals surface area (Å²) in [5, 5.41) is 1.89. The van der Waals surface area contributed by atoms with Gasteiger partial charge < -0.3 is 0 Å². The number of rotatable bonds is 4. The molecule has 0 atom stereocenters. The quantitative estimate of drug-likeness (QED) is 0.237. The van der Waals surface area contributed by atoms with Crippen LogP contribution in [0.5, 0.6) is 0 Å². The fourth-order valence-corrected chi connectivity index (χ4v) is 3.09. The number of aliphatic imine (C=N–C) groups is 2. The molecule has 2 aromatic carbocycles. The van der Waals surface area contributed by atoms with Crippen molar-refractivity contribution in [2.75, 3.05) is 0 Å². The van der Waals surface area contributed by atoms with Crippen molar-refractivity contribution in [2.24, 2.45) is 9.98 Å². The van der Waals surface area contributed by atoms with Crippen molar-refractivity contribution in [1.82, 2.24) is 4.98 Å². The van der Waals surface area contributed by atoms with Crippen LogP contribution in [-0.4, -0.2) is 17.4 Å². The van der Waals surface area contributed by atoms with Crippen LogP contribution in [0.1, 0.15) is 11.4 Å². The molecule has 0 saturated heterocycles. The molecule has 3 aromatic rings. The van der Waals surface area contributed by atoms with Crippen molar-refractivity contribution in [1.29, 1.82) is 0 Å². The van der Waals surface area contributed by atoms with Crippen LogP contribution in [-0.2, 0) is 13.1 Å². The molecule has 0 N–H and O–H groups in total. The van der Waals surface area contributed by atoms with Gasteiger partial charge in [0.05, 0.1) is 43.9 Å². The van der Waals surface area contributed by atoms with E-state index in [4.69, 9.17) is 66.6 Å². The molecule has 0 spiro atoms. The number of para-hydroxylation sites is 2. The summed E-state index contributed by atoms with van der Waals surface area (Å²) in [7, 11) is 9.53. The van der Waals surface area contributed by atoms with Crippen LogP contribution in [0, 0.1) is 0 Å². The van der Waals surface area contributed by atoms with E-state index < -0.39 is 0 Å². The van der Waals surface area contributed by atoms with Gasteiger partial charge >= 0.3 is 33.3 Å². The fourth-order valence-electron chi connectivity index (χ4n) is 2.10. The molecule has 0 aliphatic heterocycles. The molecule has 1 heterocycles. The van der Waals surface area contributed by atoms with Crippen LogP contribution in [0.3, 0.4) is 0 Å². The fraction of sp³-hybridized carbons (Fsp3) is 0. The van der Waals surface area contributed by atoms with Gasteiger partial charge in [0.15, 0.2) is 0 Å². The summed E-state index contributed by atoms with van der Waals surface area (Å²) < 4.78 is 0. The summed E-state index contributed by atoms with van der Waals surface area (Å²) in [6.07, 6.45) is 3.18. The molecule has 0 saturated carbocycles. The van der Waals surface area contributed by atoms with Gasteiger partial charge in [-0.1, -0.05) is 64.6 Å². The predicted octanol–water partition coefficient (Wildman–Crippen LogP) is 8.57. The zero-order chi connectivity index (χ0) is 21.2. The van der Waals surface area contributed by atoms with Gasteiger partial charge in [-0.25, -0.2) is 4.98 Å². The average Bonchev–Trinajstić information content (AvgIpc) is 2.68. The first-order chi connectivity index (χ1) is 14.0. The van der Waals surface area contributed by atoms with Crippen molar-refractivity contribution in [3.05, 3.63) is 86.1 Å². The Morgan fingerprint density at radius 3 is 1.28 bits per heavy atom. The van der Waals surface area contributed by atoms with Crippen LogP contribution < -0.4 is 0 Å². The molecule has 0 radical (unpaired) electrons. The SMILES string of the molecule is Clc1cccc(Cl)c1N=Cc1cccc(C=Nc2c(Cl)cccc2Cl)n1.[Cl][Fe][Cl]. The Labute approximate surface area is 203 Å². The van der Waals surface area contributed by atoms with Crippen LogP contribution in [0.4, 0.5) is 11.4 Å². The Kier molecular flexibility index (Phi) is 10.8. The predicted molar refractivity (Wildman–Crippen MR) is 123 cm³/mol. The van der Waals surface area contributed by atoms with E-state index in [1.54, 1.807) is 48.8 Å². The Bertz CT molecular complexity index is 909. The van der Waals surface area contributed by atoms with E-state index in [1.807, 2.05) is 18.2 Å². The van der Waals surface area contributed by atoms with E-state index in [-0.39, 0.29) is 13.1 Å². The van der Waals surface area contributed by atoms with E-state index in [0.29, 0.717) is 42.9 Å². The minimum absolute atomic E-state index is 0.194. The summed E-state index contributed by atoms with van der Waals surface area (Å²) >= 11 is 24.6. The van der Waals surface area contributed by atoms with Gasteiger partial charge in [-0.05, 0) is 36.4 Å². The zero-order valence-corrected chi connectivity index (χ0v) is 20.0. The van der Waals surface area contributed by atoms with Crippen molar-refractivity contribution in [2.45, 2.75) is 0 Å². The molecule has 0 fully saturated rings. The Morgan fingerprint density at radius 2 is 0.931 bits per heavy atom. The van der Waals surface area contributed by atoms with Gasteiger partial charge in [-0.3, -0.25) is 9.98 Å². The number of hydrogen-bond acceptors (Lipinski definition) is 3. The molecule has 1 aromatic heterocycles. The van der Waals surface area contributed by atoms with Gasteiger partial charge in [0.25, 0.3) is 0 Å². The van der Waals surface area contributed by atoms with Gasteiger partial charge in [0.2, 0.25) is 0 Å². The first-order valence-electron chi connectivity index (χ1n) is 7.74. The molecule has 152 valence electrons. The van der Waals surface area contributed by atoms with Gasteiger partial charge in [-0.2, -0.15) is 0 Å². The van der Waals surface area contributed by atoms with E-state index >= 15 is 0 Å². The van der Waals surface area contributed by atoms with Gasteiger partial charge in [0, 0.05) is 0 Å². The normalized spacial score (nSPS) is 11.1. The first kappa shape index (κ1) is 24.5. The molecule has 0 bridgehead atoms. The zero-order valence-electron chi connectivity index (χ0n) is 14.3. The molecule has 10 heteroatoms. The molecule has 0 unspecified atom stereocenters. The number of pyridine rings is 1. The van der Waals surface area contributed by atoms with Gasteiger partial charge in [0.1, 0.15) is 11.4 Å². The summed E-state index contributed by atoms with van der Waals surface area (Å²) in [6.45, 7) is 0. The Hall–Kier alpha value is -0.811. The van der Waals surface area contributed by atoms with Crippen molar-refractivity contribution >= 4 is 90.4 Å². The van der Waals surface area contributed by atoms with Crippen LogP contribution >= 0.6 is 66.6 Å². The second-order valence-electron chi connectivity index (χ2n) is 5.19. The average molecular weight is 550 g/mol.